The van der Waals surface area contributed by atoms with Crippen molar-refractivity contribution in [3.8, 4) is 0 Å². The Bertz CT molecular complexity index is 200. The van der Waals surface area contributed by atoms with Gasteiger partial charge in [-0.25, -0.2) is 0 Å². The minimum atomic E-state index is -4.38. The van der Waals surface area contributed by atoms with Crippen LogP contribution in [0.15, 0.2) is 24.3 Å². The van der Waals surface area contributed by atoms with Crippen LogP contribution in [0.2, 0.25) is 0 Å². The average Bonchev–Trinajstić information content (AvgIpc) is 1.80. The zero-order chi connectivity index (χ0) is 9.07. The fourth-order valence-corrected chi connectivity index (χ4v) is 0.320. The summed E-state index contributed by atoms with van der Waals surface area (Å²) in [5, 5.41) is 6.80. The van der Waals surface area contributed by atoms with E-state index in [0.717, 1.165) is 12.2 Å². The molecule has 0 bridgehead atoms. The van der Waals surface area contributed by atoms with Crippen molar-refractivity contribution in [3.05, 3.63) is 24.3 Å². The van der Waals surface area contributed by atoms with Crippen molar-refractivity contribution >= 4 is 5.71 Å². The summed E-state index contributed by atoms with van der Waals surface area (Å²) in [6.45, 7) is 4.18. The summed E-state index contributed by atoms with van der Waals surface area (Å²) < 4.78 is 35.0. The van der Waals surface area contributed by atoms with Gasteiger partial charge in [0.05, 0.1) is 0 Å². The Morgan fingerprint density at radius 3 is 2.09 bits per heavy atom. The number of alkyl halides is 3. The van der Waals surface area contributed by atoms with E-state index in [2.05, 4.69) is 6.58 Å². The molecule has 11 heavy (non-hydrogen) atoms. The van der Waals surface area contributed by atoms with E-state index in [-0.39, 0.29) is 5.71 Å². The summed E-state index contributed by atoms with van der Waals surface area (Å²) in [6, 6.07) is 0. The van der Waals surface area contributed by atoms with Crippen molar-refractivity contribution in [3.63, 3.8) is 0 Å². The van der Waals surface area contributed by atoms with Crippen molar-refractivity contribution in [1.29, 1.82) is 5.41 Å². The number of halogens is 3. The van der Waals surface area contributed by atoms with Gasteiger partial charge in [-0.15, -0.1) is 0 Å². The smallest absolute Gasteiger partial charge is 0.306 e. The Morgan fingerprint density at radius 1 is 1.36 bits per heavy atom. The van der Waals surface area contributed by atoms with Gasteiger partial charge in [0, 0.05) is 11.3 Å². The Hall–Kier alpha value is -1.06. The maximum atomic E-state index is 11.7. The first-order chi connectivity index (χ1) is 4.84. The summed E-state index contributed by atoms with van der Waals surface area (Å²) >= 11 is 0. The van der Waals surface area contributed by atoms with Crippen molar-refractivity contribution in [2.75, 3.05) is 0 Å². The van der Waals surface area contributed by atoms with Crippen LogP contribution in [-0.2, 0) is 0 Å². The van der Waals surface area contributed by atoms with Gasteiger partial charge in [-0.2, -0.15) is 13.2 Å². The Balaban J connectivity index is 4.20. The largest absolute Gasteiger partial charge is 0.415 e. The summed E-state index contributed by atoms with van der Waals surface area (Å²) in [5.74, 6) is 0. The van der Waals surface area contributed by atoms with E-state index < -0.39 is 11.7 Å². The third-order valence-corrected chi connectivity index (χ3v) is 0.899. The summed E-state index contributed by atoms with van der Waals surface area (Å²) in [6.07, 6.45) is -2.55. The van der Waals surface area contributed by atoms with Gasteiger partial charge in [0.25, 0.3) is 0 Å². The first-order valence-corrected chi connectivity index (χ1v) is 2.83. The molecule has 0 aromatic carbocycles. The van der Waals surface area contributed by atoms with Crippen LogP contribution in [-0.4, -0.2) is 11.9 Å². The molecule has 1 N–H and O–H groups in total. The molecule has 1 nitrogen and oxygen atoms in total. The van der Waals surface area contributed by atoms with Gasteiger partial charge in [0.2, 0.25) is 0 Å². The van der Waals surface area contributed by atoms with Gasteiger partial charge >= 0.3 is 6.18 Å². The van der Waals surface area contributed by atoms with Gasteiger partial charge in [-0.3, -0.25) is 0 Å². The number of rotatable bonds is 2. The highest BCUT2D eigenvalue weighted by atomic mass is 19.4. The van der Waals surface area contributed by atoms with E-state index in [1.807, 2.05) is 0 Å². The molecule has 0 amide bonds. The second-order valence-electron chi connectivity index (χ2n) is 2.04. The van der Waals surface area contributed by atoms with Crippen molar-refractivity contribution < 1.29 is 13.2 Å². The Kier molecular flexibility index (Phi) is 3.04. The molecule has 0 aromatic rings. The lowest BCUT2D eigenvalue weighted by atomic mass is 10.2. The number of hydrogen-bond donors (Lipinski definition) is 1. The van der Waals surface area contributed by atoms with E-state index >= 15 is 0 Å². The van der Waals surface area contributed by atoms with Crippen molar-refractivity contribution in [2.45, 2.75) is 13.1 Å². The van der Waals surface area contributed by atoms with Gasteiger partial charge in [0.15, 0.2) is 0 Å². The molecule has 0 rings (SSSR count). The molecule has 0 saturated heterocycles. The van der Waals surface area contributed by atoms with Gasteiger partial charge in [0.1, 0.15) is 0 Å². The lowest BCUT2D eigenvalue weighted by Crippen LogP contribution is -2.08. The van der Waals surface area contributed by atoms with Crippen LogP contribution in [0.25, 0.3) is 0 Å². The lowest BCUT2D eigenvalue weighted by Gasteiger charge is -2.03. The quantitative estimate of drug-likeness (QED) is 0.478. The molecule has 0 saturated carbocycles. The van der Waals surface area contributed by atoms with Gasteiger partial charge in [-0.1, -0.05) is 6.58 Å². The molecular weight excluding hydrogens is 155 g/mol. The number of hydrogen-bond acceptors (Lipinski definition) is 1. The molecule has 0 aromatic heterocycles. The summed E-state index contributed by atoms with van der Waals surface area (Å²) in [4.78, 5) is 0. The molecule has 0 heterocycles. The summed E-state index contributed by atoms with van der Waals surface area (Å²) in [7, 11) is 0. The van der Waals surface area contributed by atoms with Crippen LogP contribution >= 0.6 is 0 Å². The van der Waals surface area contributed by atoms with E-state index in [4.69, 9.17) is 5.41 Å². The molecule has 0 fully saturated rings. The van der Waals surface area contributed by atoms with Crippen LogP contribution in [0.5, 0.6) is 0 Å². The van der Waals surface area contributed by atoms with Crippen molar-refractivity contribution in [1.82, 2.24) is 0 Å². The van der Waals surface area contributed by atoms with E-state index in [1.165, 1.54) is 6.92 Å². The van der Waals surface area contributed by atoms with E-state index in [9.17, 15) is 13.2 Å². The van der Waals surface area contributed by atoms with Crippen molar-refractivity contribution in [2.24, 2.45) is 0 Å². The highest BCUT2D eigenvalue weighted by molar-refractivity contribution is 5.90. The zero-order valence-corrected chi connectivity index (χ0v) is 6.00. The predicted molar refractivity (Wildman–Crippen MR) is 37.7 cm³/mol. The Labute approximate surface area is 62.7 Å². The first-order valence-electron chi connectivity index (χ1n) is 2.83. The predicted octanol–water partition coefficient (Wildman–Crippen LogP) is 2.70. The monoisotopic (exact) mass is 163 g/mol. The fourth-order valence-electron chi connectivity index (χ4n) is 0.320. The maximum Gasteiger partial charge on any atom is 0.415 e. The SMILES string of the molecule is C=C(/C=C\C(C)=N)C(F)(F)F. The number of nitrogens with one attached hydrogen (secondary N) is 1. The van der Waals surface area contributed by atoms with Crippen LogP contribution in [0.3, 0.4) is 0 Å². The molecule has 0 radical (unpaired) electrons. The van der Waals surface area contributed by atoms with E-state index in [1.54, 1.807) is 0 Å². The maximum absolute atomic E-state index is 11.7. The van der Waals surface area contributed by atoms with E-state index in [0.29, 0.717) is 0 Å². The molecule has 0 aliphatic carbocycles. The fraction of sp³-hybridized carbons (Fsp3) is 0.286. The normalized spacial score (nSPS) is 12.0. The van der Waals surface area contributed by atoms with Gasteiger partial charge in [-0.05, 0) is 19.1 Å². The molecule has 0 atom stereocenters. The first kappa shape index (κ1) is 9.94. The molecule has 0 unspecified atom stereocenters. The van der Waals surface area contributed by atoms with Gasteiger partial charge < -0.3 is 5.41 Å². The number of allylic oxidation sites excluding steroid dienone is 3. The molecule has 0 spiro atoms. The molecular formula is C7H8F3N. The highest BCUT2D eigenvalue weighted by Gasteiger charge is 2.29. The standard InChI is InChI=1S/C7H8F3N/c1-5(7(8,9)10)3-4-6(2)11/h3-4,11H,1H2,2H3/b4-3-,11-6?. The van der Waals surface area contributed by atoms with Crippen LogP contribution < -0.4 is 0 Å². The summed E-state index contributed by atoms with van der Waals surface area (Å²) in [5.41, 5.74) is -0.875. The average molecular weight is 163 g/mol. The molecule has 0 aliphatic heterocycles. The molecule has 62 valence electrons. The Morgan fingerprint density at radius 2 is 1.82 bits per heavy atom. The zero-order valence-electron chi connectivity index (χ0n) is 6.00. The third kappa shape index (κ3) is 4.36. The van der Waals surface area contributed by atoms with Crippen LogP contribution in [0, 0.1) is 5.41 Å². The molecule has 0 aliphatic rings. The second kappa shape index (κ2) is 3.37. The molecule has 4 heteroatoms. The van der Waals surface area contributed by atoms with Crippen LogP contribution in [0.1, 0.15) is 6.92 Å². The second-order valence-corrected chi connectivity index (χ2v) is 2.04. The lowest BCUT2D eigenvalue weighted by molar-refractivity contribution is -0.0877. The minimum absolute atomic E-state index is 0.0652. The third-order valence-electron chi connectivity index (χ3n) is 0.899. The minimum Gasteiger partial charge on any atom is -0.306 e. The highest BCUT2D eigenvalue weighted by Crippen LogP contribution is 2.24. The topological polar surface area (TPSA) is 23.9 Å². The van der Waals surface area contributed by atoms with Crippen LogP contribution in [0.4, 0.5) is 13.2 Å².